The minimum atomic E-state index is -0.843. The monoisotopic (exact) mass is 412 g/mol. The van der Waals surface area contributed by atoms with Crippen LogP contribution in [-0.4, -0.2) is 30.3 Å². The van der Waals surface area contributed by atoms with Gasteiger partial charge in [0.25, 0.3) is 0 Å². The second-order valence-corrected chi connectivity index (χ2v) is 8.73. The van der Waals surface area contributed by atoms with Crippen molar-refractivity contribution in [2.45, 2.75) is 84.0 Å². The zero-order chi connectivity index (χ0) is 20.3. The predicted octanol–water partition coefficient (Wildman–Crippen LogP) is 0.322. The Morgan fingerprint density at radius 1 is 1.38 bits per heavy atom. The Labute approximate surface area is 196 Å². The van der Waals surface area contributed by atoms with Crippen LogP contribution in [0.1, 0.15) is 65.7 Å². The number of carbonyl (C=O) groups excluding carboxylic acids is 2. The van der Waals surface area contributed by atoms with Crippen LogP contribution in [0.2, 0.25) is 0 Å². The molecule has 29 heavy (non-hydrogen) atoms. The van der Waals surface area contributed by atoms with Gasteiger partial charge in [-0.15, -0.1) is 6.10 Å². The molecule has 1 saturated heterocycles. The summed E-state index contributed by atoms with van der Waals surface area (Å²) >= 11 is 0. The van der Waals surface area contributed by atoms with Gasteiger partial charge in [-0.2, -0.15) is 0 Å². The molecule has 6 heteroatoms. The predicted molar refractivity (Wildman–Crippen MR) is 104 cm³/mol. The molecule has 3 rings (SSSR count). The van der Waals surface area contributed by atoms with Crippen molar-refractivity contribution in [2.24, 2.45) is 23.7 Å². The summed E-state index contributed by atoms with van der Waals surface area (Å²) in [6.07, 6.45) is 9.97. The van der Waals surface area contributed by atoms with Gasteiger partial charge < -0.3 is 14.6 Å². The second kappa shape index (κ2) is 11.1. The standard InChI is InChI=1S/C23H33O5.Na/c1-4-14(2)23(26)28-20-7-5-6-16-9-8-15(3)19(22(16)20)11-10-18-12-17(24)13-21(25)27-18;/h6,8-9,14-15,17-20,22H,4-5,7,10-13H2,1-3H3;/q-1;+1/t14-,15-,17+,18+,19-,20-,22-;/m0./s1. The largest absolute Gasteiger partial charge is 1.00 e. The van der Waals surface area contributed by atoms with Crippen LogP contribution in [0.15, 0.2) is 23.8 Å². The van der Waals surface area contributed by atoms with Crippen LogP contribution < -0.4 is 34.7 Å². The first-order valence-corrected chi connectivity index (χ1v) is 10.8. The molecule has 0 aromatic carbocycles. The SMILES string of the molecule is CC[C@H](C)C(=O)O[C@H]1CCC=C2C=C[C@H](C)[C@H](CC[C@@H]3C[C@@H]([O-])CC(=O)O3)[C@H]21.[Na+]. The number of esters is 2. The fourth-order valence-corrected chi connectivity index (χ4v) is 4.79. The van der Waals surface area contributed by atoms with Crippen LogP contribution in [0.25, 0.3) is 0 Å². The molecule has 0 saturated carbocycles. The van der Waals surface area contributed by atoms with Crippen molar-refractivity contribution in [3.8, 4) is 0 Å². The number of rotatable bonds is 6. The molecule has 0 unspecified atom stereocenters. The molecule has 1 aliphatic heterocycles. The van der Waals surface area contributed by atoms with Crippen LogP contribution in [0, 0.1) is 23.7 Å². The number of carbonyl (C=O) groups is 2. The summed E-state index contributed by atoms with van der Waals surface area (Å²) in [6.45, 7) is 6.12. The molecule has 5 nitrogen and oxygen atoms in total. The summed E-state index contributed by atoms with van der Waals surface area (Å²) in [5, 5.41) is 11.8. The van der Waals surface area contributed by atoms with Crippen molar-refractivity contribution in [1.29, 1.82) is 0 Å². The van der Waals surface area contributed by atoms with Gasteiger partial charge in [0.2, 0.25) is 0 Å². The summed E-state index contributed by atoms with van der Waals surface area (Å²) in [5.74, 6) is 0.296. The van der Waals surface area contributed by atoms with E-state index in [0.29, 0.717) is 24.7 Å². The van der Waals surface area contributed by atoms with E-state index in [1.807, 2.05) is 13.8 Å². The van der Waals surface area contributed by atoms with Gasteiger partial charge in [-0.1, -0.05) is 39.0 Å². The van der Waals surface area contributed by atoms with Crippen molar-refractivity contribution < 1.29 is 53.7 Å². The molecular weight excluding hydrogens is 379 g/mol. The van der Waals surface area contributed by atoms with Crippen molar-refractivity contribution >= 4 is 11.9 Å². The maximum Gasteiger partial charge on any atom is 1.00 e. The van der Waals surface area contributed by atoms with Crippen LogP contribution in [-0.2, 0) is 19.1 Å². The molecular formula is C23H33NaO5. The van der Waals surface area contributed by atoms with Gasteiger partial charge in [-0.05, 0) is 55.9 Å². The van der Waals surface area contributed by atoms with Gasteiger partial charge in [0.05, 0.1) is 5.92 Å². The van der Waals surface area contributed by atoms with E-state index in [9.17, 15) is 14.7 Å². The van der Waals surface area contributed by atoms with E-state index in [1.54, 1.807) is 0 Å². The van der Waals surface area contributed by atoms with E-state index in [4.69, 9.17) is 9.47 Å². The molecule has 0 aromatic rings. The molecule has 1 heterocycles. The summed E-state index contributed by atoms with van der Waals surface area (Å²) in [7, 11) is 0. The second-order valence-electron chi connectivity index (χ2n) is 8.73. The van der Waals surface area contributed by atoms with E-state index >= 15 is 0 Å². The summed E-state index contributed by atoms with van der Waals surface area (Å²) in [4.78, 5) is 24.0. The molecule has 0 N–H and O–H groups in total. The van der Waals surface area contributed by atoms with Crippen LogP contribution in [0.3, 0.4) is 0 Å². The van der Waals surface area contributed by atoms with E-state index in [2.05, 4.69) is 25.2 Å². The molecule has 7 atom stereocenters. The van der Waals surface area contributed by atoms with E-state index in [1.165, 1.54) is 5.57 Å². The van der Waals surface area contributed by atoms with Crippen molar-refractivity contribution in [2.75, 3.05) is 0 Å². The zero-order valence-electron chi connectivity index (χ0n) is 18.3. The first kappa shape index (κ1) is 24.6. The average Bonchev–Trinajstić information content (AvgIpc) is 2.66. The van der Waals surface area contributed by atoms with E-state index in [-0.39, 0.29) is 72.0 Å². The molecule has 0 bridgehead atoms. The van der Waals surface area contributed by atoms with Gasteiger partial charge in [-0.25, -0.2) is 0 Å². The van der Waals surface area contributed by atoms with Crippen molar-refractivity contribution in [1.82, 2.24) is 0 Å². The summed E-state index contributed by atoms with van der Waals surface area (Å²) in [5.41, 5.74) is 1.26. The quantitative estimate of drug-likeness (QED) is 0.464. The third-order valence-corrected chi connectivity index (χ3v) is 6.67. The summed E-state index contributed by atoms with van der Waals surface area (Å²) in [6, 6.07) is 0. The summed E-state index contributed by atoms with van der Waals surface area (Å²) < 4.78 is 11.4. The van der Waals surface area contributed by atoms with Gasteiger partial charge in [0, 0.05) is 12.3 Å². The maximum atomic E-state index is 12.4. The molecule has 2 aliphatic carbocycles. The Kier molecular flexibility index (Phi) is 9.46. The number of hydrogen-bond acceptors (Lipinski definition) is 5. The molecule has 0 spiro atoms. The molecule has 0 amide bonds. The topological polar surface area (TPSA) is 75.7 Å². The number of cyclic esters (lactones) is 1. The van der Waals surface area contributed by atoms with Crippen LogP contribution in [0.4, 0.5) is 0 Å². The normalized spacial score (nSPS) is 34.9. The minimum absolute atomic E-state index is 0. The number of fused-ring (bicyclic) bond motifs is 1. The first-order valence-electron chi connectivity index (χ1n) is 10.8. The Hall–Kier alpha value is -0.620. The molecule has 1 fully saturated rings. The van der Waals surface area contributed by atoms with Gasteiger partial charge in [0.15, 0.2) is 0 Å². The number of ether oxygens (including phenoxy) is 2. The maximum absolute atomic E-state index is 12.4. The van der Waals surface area contributed by atoms with E-state index < -0.39 is 6.10 Å². The first-order chi connectivity index (χ1) is 13.4. The van der Waals surface area contributed by atoms with Crippen LogP contribution in [0.5, 0.6) is 0 Å². The third kappa shape index (κ3) is 6.19. The number of hydrogen-bond donors (Lipinski definition) is 0. The molecule has 156 valence electrons. The Bertz CT molecular complexity index is 643. The zero-order valence-corrected chi connectivity index (χ0v) is 20.3. The number of allylic oxidation sites excluding steroid dienone is 3. The third-order valence-electron chi connectivity index (χ3n) is 6.67. The molecule has 0 aromatic heterocycles. The Balaban J connectivity index is 0.00000300. The molecule has 3 aliphatic rings. The average molecular weight is 413 g/mol. The van der Waals surface area contributed by atoms with Gasteiger partial charge >= 0.3 is 41.5 Å². The van der Waals surface area contributed by atoms with E-state index in [0.717, 1.165) is 25.7 Å². The van der Waals surface area contributed by atoms with Crippen LogP contribution >= 0.6 is 0 Å². The Morgan fingerprint density at radius 2 is 2.14 bits per heavy atom. The minimum Gasteiger partial charge on any atom is -0.851 e. The van der Waals surface area contributed by atoms with Gasteiger partial charge in [-0.3, -0.25) is 9.59 Å². The van der Waals surface area contributed by atoms with Gasteiger partial charge in [0.1, 0.15) is 12.2 Å². The fraction of sp³-hybridized carbons (Fsp3) is 0.739. The Morgan fingerprint density at radius 3 is 2.83 bits per heavy atom. The fourth-order valence-electron chi connectivity index (χ4n) is 4.79. The van der Waals surface area contributed by atoms with Crippen molar-refractivity contribution in [3.05, 3.63) is 23.8 Å². The van der Waals surface area contributed by atoms with Crippen molar-refractivity contribution in [3.63, 3.8) is 0 Å². The molecule has 0 radical (unpaired) electrons. The smallest absolute Gasteiger partial charge is 0.851 e.